The van der Waals surface area contributed by atoms with Crippen LogP contribution in [0.5, 0.6) is 11.5 Å². The number of aliphatic hydroxyl groups excluding tert-OH is 1. The summed E-state index contributed by atoms with van der Waals surface area (Å²) in [6, 6.07) is 4.88. The van der Waals surface area contributed by atoms with Crippen LogP contribution in [0.15, 0.2) is 12.1 Å². The SMILES string of the molecule is COc1ccc2c3c1OC1[C@@H](O)[C@@H]4C[C@@H]4C4C(C2)N(C)CCC314. The molecule has 0 amide bonds. The maximum absolute atomic E-state index is 11.0. The summed E-state index contributed by atoms with van der Waals surface area (Å²) < 4.78 is 12.0. The zero-order valence-corrected chi connectivity index (χ0v) is 13.7. The molecule has 1 spiro atoms. The maximum Gasteiger partial charge on any atom is 0.165 e. The smallest absolute Gasteiger partial charge is 0.165 e. The number of fused-ring (bicyclic) bond motifs is 1. The lowest BCUT2D eigenvalue weighted by Crippen LogP contribution is -2.67. The van der Waals surface area contributed by atoms with Crippen LogP contribution < -0.4 is 9.47 Å². The van der Waals surface area contributed by atoms with E-state index in [4.69, 9.17) is 9.47 Å². The normalized spacial score (nSPS) is 48.3. The third-order valence-electron chi connectivity index (χ3n) is 7.63. The first-order valence-corrected chi connectivity index (χ1v) is 8.92. The van der Waals surface area contributed by atoms with Crippen molar-refractivity contribution in [2.75, 3.05) is 20.7 Å². The molecule has 23 heavy (non-hydrogen) atoms. The number of hydrogen-bond acceptors (Lipinski definition) is 4. The second-order valence-electron chi connectivity index (χ2n) is 8.29. The number of likely N-dealkylation sites (tertiary alicyclic amines) is 1. The Morgan fingerprint density at radius 1 is 1.35 bits per heavy atom. The third kappa shape index (κ3) is 1.27. The molecule has 5 aliphatic rings. The number of hydrogen-bond donors (Lipinski definition) is 1. The lowest BCUT2D eigenvalue weighted by atomic mass is 9.51. The molecule has 6 rings (SSSR count). The van der Waals surface area contributed by atoms with Gasteiger partial charge in [0.25, 0.3) is 0 Å². The molecule has 4 unspecified atom stereocenters. The Bertz CT molecular complexity index is 719. The van der Waals surface area contributed by atoms with E-state index in [1.165, 1.54) is 17.5 Å². The minimum absolute atomic E-state index is 0.0196. The summed E-state index contributed by atoms with van der Waals surface area (Å²) in [5, 5.41) is 11.0. The van der Waals surface area contributed by atoms with Gasteiger partial charge in [-0.15, -0.1) is 0 Å². The highest BCUT2D eigenvalue weighted by Gasteiger charge is 2.73. The average molecular weight is 313 g/mol. The van der Waals surface area contributed by atoms with Crippen LogP contribution in [0.1, 0.15) is 24.0 Å². The lowest BCUT2D eigenvalue weighted by molar-refractivity contribution is -0.105. The molecule has 1 aromatic rings. The second-order valence-corrected chi connectivity index (χ2v) is 8.29. The highest BCUT2D eigenvalue weighted by Crippen LogP contribution is 2.70. The Morgan fingerprint density at radius 2 is 2.22 bits per heavy atom. The molecule has 7 atom stereocenters. The molecule has 1 aromatic carbocycles. The molecule has 0 aromatic heterocycles. The molecule has 3 aliphatic carbocycles. The van der Waals surface area contributed by atoms with Gasteiger partial charge < -0.3 is 19.5 Å². The van der Waals surface area contributed by atoms with E-state index in [2.05, 4.69) is 18.0 Å². The van der Waals surface area contributed by atoms with E-state index in [0.717, 1.165) is 30.9 Å². The van der Waals surface area contributed by atoms with Gasteiger partial charge in [-0.2, -0.15) is 0 Å². The Labute approximate surface area is 136 Å². The predicted octanol–water partition coefficient (Wildman–Crippen LogP) is 1.58. The Morgan fingerprint density at radius 3 is 3.04 bits per heavy atom. The van der Waals surface area contributed by atoms with Gasteiger partial charge in [-0.25, -0.2) is 0 Å². The highest BCUT2D eigenvalue weighted by molar-refractivity contribution is 5.61. The summed E-state index contributed by atoms with van der Waals surface area (Å²) in [7, 11) is 3.99. The standard InChI is InChI=1S/C19H23NO3/c1-20-6-5-19-14-9-3-4-13(22-2)17(14)23-18(19)16(21)11-8-10(11)15(19)12(20)7-9/h3-4,10-12,15-16,18,21H,5-8H2,1-2H3/t10-,11+,12?,15?,16-,18?,19?/m0/s1. The van der Waals surface area contributed by atoms with Gasteiger partial charge in [0.05, 0.1) is 13.2 Å². The molecular formula is C19H23NO3. The van der Waals surface area contributed by atoms with E-state index < -0.39 is 0 Å². The number of likely N-dealkylation sites (N-methyl/N-ethyl adjacent to an activating group) is 1. The van der Waals surface area contributed by atoms with E-state index in [1.54, 1.807) is 7.11 Å². The average Bonchev–Trinajstić information content (AvgIpc) is 3.27. The molecule has 2 aliphatic heterocycles. The largest absolute Gasteiger partial charge is 0.493 e. The van der Waals surface area contributed by atoms with Crippen molar-refractivity contribution in [2.24, 2.45) is 17.8 Å². The van der Waals surface area contributed by atoms with Crippen molar-refractivity contribution in [2.45, 2.75) is 42.9 Å². The first-order chi connectivity index (χ1) is 11.2. The summed E-state index contributed by atoms with van der Waals surface area (Å²) >= 11 is 0. The van der Waals surface area contributed by atoms with Crippen molar-refractivity contribution in [1.29, 1.82) is 0 Å². The van der Waals surface area contributed by atoms with Crippen molar-refractivity contribution in [3.05, 3.63) is 23.3 Å². The number of benzene rings is 1. The minimum atomic E-state index is -0.316. The van der Waals surface area contributed by atoms with Gasteiger partial charge in [-0.1, -0.05) is 6.07 Å². The fraction of sp³-hybridized carbons (Fsp3) is 0.684. The Hall–Kier alpha value is -1.26. The van der Waals surface area contributed by atoms with Crippen LogP contribution in [0.2, 0.25) is 0 Å². The second kappa shape index (κ2) is 3.86. The number of ether oxygens (including phenoxy) is 2. The molecule has 4 heteroatoms. The molecule has 0 radical (unpaired) electrons. The van der Waals surface area contributed by atoms with Crippen LogP contribution in [0, 0.1) is 17.8 Å². The maximum atomic E-state index is 11.0. The van der Waals surface area contributed by atoms with Crippen LogP contribution in [0.3, 0.4) is 0 Å². The molecule has 2 saturated carbocycles. The fourth-order valence-corrected chi connectivity index (χ4v) is 6.69. The van der Waals surface area contributed by atoms with Gasteiger partial charge in [-0.3, -0.25) is 0 Å². The van der Waals surface area contributed by atoms with Gasteiger partial charge >= 0.3 is 0 Å². The number of nitrogens with zero attached hydrogens (tertiary/aromatic N) is 1. The van der Waals surface area contributed by atoms with Crippen molar-refractivity contribution in [1.82, 2.24) is 4.90 Å². The fourth-order valence-electron chi connectivity index (χ4n) is 6.69. The van der Waals surface area contributed by atoms with Gasteiger partial charge in [0.15, 0.2) is 11.5 Å². The van der Waals surface area contributed by atoms with Crippen molar-refractivity contribution in [3.63, 3.8) is 0 Å². The molecular weight excluding hydrogens is 290 g/mol. The number of piperidine rings is 1. The van der Waals surface area contributed by atoms with Gasteiger partial charge in [0, 0.05) is 17.0 Å². The zero-order chi connectivity index (χ0) is 15.5. The first kappa shape index (κ1) is 13.1. The zero-order valence-electron chi connectivity index (χ0n) is 13.7. The summed E-state index contributed by atoms with van der Waals surface area (Å²) in [5.74, 6) is 3.55. The molecule has 2 heterocycles. The van der Waals surface area contributed by atoms with Gasteiger partial charge in [0.1, 0.15) is 6.10 Å². The van der Waals surface area contributed by atoms with Crippen LogP contribution in [0.4, 0.5) is 0 Å². The van der Waals surface area contributed by atoms with Gasteiger partial charge in [0.2, 0.25) is 0 Å². The highest BCUT2D eigenvalue weighted by atomic mass is 16.5. The molecule has 1 N–H and O–H groups in total. The number of methoxy groups -OCH3 is 1. The third-order valence-corrected chi connectivity index (χ3v) is 7.63. The number of rotatable bonds is 1. The van der Waals surface area contributed by atoms with E-state index in [1.807, 2.05) is 6.07 Å². The van der Waals surface area contributed by atoms with E-state index >= 15 is 0 Å². The summed E-state index contributed by atoms with van der Waals surface area (Å²) in [6.45, 7) is 1.10. The summed E-state index contributed by atoms with van der Waals surface area (Å²) in [6.07, 6.45) is 3.01. The molecule has 4 nitrogen and oxygen atoms in total. The van der Waals surface area contributed by atoms with Crippen LogP contribution >= 0.6 is 0 Å². The predicted molar refractivity (Wildman–Crippen MR) is 84.9 cm³/mol. The van der Waals surface area contributed by atoms with E-state index in [-0.39, 0.29) is 17.6 Å². The van der Waals surface area contributed by atoms with Crippen LogP contribution in [0.25, 0.3) is 0 Å². The van der Waals surface area contributed by atoms with Crippen LogP contribution in [-0.2, 0) is 11.8 Å². The van der Waals surface area contributed by atoms with Crippen molar-refractivity contribution in [3.8, 4) is 11.5 Å². The van der Waals surface area contributed by atoms with Gasteiger partial charge in [-0.05, 0) is 62.2 Å². The molecule has 1 saturated heterocycles. The Balaban J connectivity index is 1.66. The van der Waals surface area contributed by atoms with E-state index in [0.29, 0.717) is 23.8 Å². The Kier molecular flexibility index (Phi) is 2.20. The minimum Gasteiger partial charge on any atom is -0.493 e. The lowest BCUT2D eigenvalue weighted by Gasteiger charge is -2.58. The molecule has 3 fully saturated rings. The summed E-state index contributed by atoms with van der Waals surface area (Å²) in [4.78, 5) is 2.56. The first-order valence-electron chi connectivity index (χ1n) is 8.92. The van der Waals surface area contributed by atoms with E-state index in [9.17, 15) is 5.11 Å². The molecule has 122 valence electrons. The van der Waals surface area contributed by atoms with Crippen molar-refractivity contribution < 1.29 is 14.6 Å². The quantitative estimate of drug-likeness (QED) is 0.855. The topological polar surface area (TPSA) is 41.9 Å². The summed E-state index contributed by atoms with van der Waals surface area (Å²) in [5.41, 5.74) is 2.83. The van der Waals surface area contributed by atoms with Crippen LogP contribution in [-0.4, -0.2) is 49.0 Å². The molecule has 2 bridgehead atoms. The number of aliphatic hydroxyl groups is 1. The monoisotopic (exact) mass is 313 g/mol. The van der Waals surface area contributed by atoms with Crippen molar-refractivity contribution >= 4 is 0 Å².